The highest BCUT2D eigenvalue weighted by molar-refractivity contribution is 5.74. The highest BCUT2D eigenvalue weighted by Crippen LogP contribution is 2.11. The van der Waals surface area contributed by atoms with Crippen molar-refractivity contribution in [2.45, 2.75) is 19.3 Å². The number of urea groups is 1. The zero-order chi connectivity index (χ0) is 14.7. The minimum absolute atomic E-state index is 0.269. The van der Waals surface area contributed by atoms with Crippen LogP contribution >= 0.6 is 0 Å². The van der Waals surface area contributed by atoms with Gasteiger partial charge in [-0.2, -0.15) is 0 Å². The van der Waals surface area contributed by atoms with Crippen LogP contribution < -0.4 is 5.73 Å². The van der Waals surface area contributed by atoms with Gasteiger partial charge in [0.05, 0.1) is 29.8 Å². The summed E-state index contributed by atoms with van der Waals surface area (Å²) >= 11 is 0. The molecule has 7 heteroatoms. The fourth-order valence-electron chi connectivity index (χ4n) is 2.50. The zero-order valence-corrected chi connectivity index (χ0v) is 11.7. The fourth-order valence-corrected chi connectivity index (χ4v) is 2.50. The maximum atomic E-state index is 10.5. The number of nitrogens with two attached hydrogens (primary N) is 1. The van der Waals surface area contributed by atoms with Gasteiger partial charge in [-0.15, -0.1) is 0 Å². The van der Waals surface area contributed by atoms with Crippen LogP contribution in [-0.4, -0.2) is 43.4 Å². The first-order valence-corrected chi connectivity index (χ1v) is 7.04. The molecule has 3 aromatic heterocycles. The molecule has 0 aliphatic carbocycles. The number of carbonyl (C=O) groups excluding carboxylic acids is 1. The molecule has 0 aromatic carbocycles. The SMILES string of the molecule is NC(=O)N1CCCCC1.c1cc2c(ncc3cncn32)[nH]1. The summed E-state index contributed by atoms with van der Waals surface area (Å²) in [5.74, 6) is 0. The van der Waals surface area contributed by atoms with E-state index in [9.17, 15) is 4.79 Å². The van der Waals surface area contributed by atoms with Crippen LogP contribution in [0.3, 0.4) is 0 Å². The van der Waals surface area contributed by atoms with Crippen molar-refractivity contribution in [1.82, 2.24) is 24.3 Å². The summed E-state index contributed by atoms with van der Waals surface area (Å²) in [6.07, 6.45) is 10.7. The minimum atomic E-state index is -0.269. The Balaban J connectivity index is 0.000000133. The predicted molar refractivity (Wildman–Crippen MR) is 79.9 cm³/mol. The second-order valence-corrected chi connectivity index (χ2v) is 5.04. The van der Waals surface area contributed by atoms with Crippen molar-refractivity contribution in [3.63, 3.8) is 0 Å². The van der Waals surface area contributed by atoms with E-state index in [0.29, 0.717) is 0 Å². The number of hydrogen-bond donors (Lipinski definition) is 2. The molecule has 4 heterocycles. The highest BCUT2D eigenvalue weighted by atomic mass is 16.2. The largest absolute Gasteiger partial charge is 0.351 e. The standard InChI is InChI=1S/C8H6N4.C6H12N2O/c1-2-10-8-7(1)12-5-9-3-6(12)4-11-8;7-6(9)8-4-2-1-3-5-8/h1-5,10H;1-5H2,(H2,7,9). The Bertz CT molecular complexity index is 690. The maximum absolute atomic E-state index is 10.5. The Kier molecular flexibility index (Phi) is 3.72. The molecule has 1 aliphatic heterocycles. The summed E-state index contributed by atoms with van der Waals surface area (Å²) in [6.45, 7) is 1.71. The molecule has 0 bridgehead atoms. The Hall–Kier alpha value is -2.57. The van der Waals surface area contributed by atoms with E-state index >= 15 is 0 Å². The van der Waals surface area contributed by atoms with Gasteiger partial charge in [0, 0.05) is 19.3 Å². The van der Waals surface area contributed by atoms with E-state index in [1.54, 1.807) is 23.6 Å². The molecule has 1 aliphatic rings. The Morgan fingerprint density at radius 3 is 2.76 bits per heavy atom. The van der Waals surface area contributed by atoms with Crippen molar-refractivity contribution in [2.24, 2.45) is 5.73 Å². The summed E-state index contributed by atoms with van der Waals surface area (Å²) in [4.78, 5) is 23.5. The van der Waals surface area contributed by atoms with Crippen molar-refractivity contribution >= 4 is 22.7 Å². The van der Waals surface area contributed by atoms with Gasteiger partial charge in [0.1, 0.15) is 0 Å². The van der Waals surface area contributed by atoms with Crippen molar-refractivity contribution in [2.75, 3.05) is 13.1 Å². The molecule has 7 nitrogen and oxygen atoms in total. The summed E-state index contributed by atoms with van der Waals surface area (Å²) < 4.78 is 2.00. The number of fused-ring (bicyclic) bond motifs is 3. The second kappa shape index (κ2) is 5.82. The molecule has 2 amide bonds. The van der Waals surface area contributed by atoms with Gasteiger partial charge >= 0.3 is 6.03 Å². The van der Waals surface area contributed by atoms with Gasteiger partial charge in [0.25, 0.3) is 0 Å². The van der Waals surface area contributed by atoms with Crippen molar-refractivity contribution in [3.05, 3.63) is 31.0 Å². The second-order valence-electron chi connectivity index (χ2n) is 5.04. The maximum Gasteiger partial charge on any atom is 0.314 e. The van der Waals surface area contributed by atoms with Gasteiger partial charge < -0.3 is 15.6 Å². The van der Waals surface area contributed by atoms with E-state index in [4.69, 9.17) is 5.73 Å². The predicted octanol–water partition coefficient (Wildman–Crippen LogP) is 1.76. The van der Waals surface area contributed by atoms with Gasteiger partial charge in [0.2, 0.25) is 0 Å². The van der Waals surface area contributed by atoms with E-state index in [0.717, 1.165) is 42.6 Å². The Labute approximate surface area is 121 Å². The molecule has 0 saturated carbocycles. The van der Waals surface area contributed by atoms with Crippen LogP contribution in [0.15, 0.2) is 31.0 Å². The average molecular weight is 286 g/mol. The van der Waals surface area contributed by atoms with E-state index in [2.05, 4.69) is 15.0 Å². The number of likely N-dealkylation sites (tertiary alicyclic amines) is 1. The van der Waals surface area contributed by atoms with Crippen molar-refractivity contribution < 1.29 is 4.79 Å². The molecular weight excluding hydrogens is 268 g/mol. The number of primary amides is 1. The van der Waals surface area contributed by atoms with Gasteiger partial charge in [-0.05, 0) is 25.3 Å². The van der Waals surface area contributed by atoms with Crippen LogP contribution in [0.1, 0.15) is 19.3 Å². The average Bonchev–Trinajstić information content (AvgIpc) is 3.16. The first-order valence-electron chi connectivity index (χ1n) is 7.04. The molecule has 0 spiro atoms. The fraction of sp³-hybridized carbons (Fsp3) is 0.357. The first kappa shape index (κ1) is 13.4. The number of aromatic amines is 1. The van der Waals surface area contributed by atoms with Crippen molar-refractivity contribution in [3.8, 4) is 0 Å². The lowest BCUT2D eigenvalue weighted by Crippen LogP contribution is -2.39. The molecule has 110 valence electrons. The van der Waals surface area contributed by atoms with E-state index in [-0.39, 0.29) is 6.03 Å². The zero-order valence-electron chi connectivity index (χ0n) is 11.7. The molecule has 3 N–H and O–H groups in total. The number of imidazole rings is 1. The van der Waals surface area contributed by atoms with Gasteiger partial charge in [-0.25, -0.2) is 14.8 Å². The number of piperidine rings is 1. The third-order valence-corrected chi connectivity index (χ3v) is 3.62. The molecule has 3 aromatic rings. The number of aromatic nitrogens is 4. The molecule has 0 atom stereocenters. The number of nitrogens with zero attached hydrogens (tertiary/aromatic N) is 4. The Morgan fingerprint density at radius 2 is 2.05 bits per heavy atom. The normalized spacial score (nSPS) is 15.0. The Morgan fingerprint density at radius 1 is 1.24 bits per heavy atom. The lowest BCUT2D eigenvalue weighted by molar-refractivity contribution is 0.196. The highest BCUT2D eigenvalue weighted by Gasteiger charge is 2.11. The molecule has 0 radical (unpaired) electrons. The van der Waals surface area contributed by atoms with Crippen LogP contribution in [0.25, 0.3) is 16.7 Å². The van der Waals surface area contributed by atoms with Crippen LogP contribution in [0, 0.1) is 0 Å². The number of rotatable bonds is 0. The topological polar surface area (TPSA) is 92.3 Å². The number of carbonyl (C=O) groups is 1. The number of amides is 2. The lowest BCUT2D eigenvalue weighted by atomic mass is 10.1. The minimum Gasteiger partial charge on any atom is -0.351 e. The van der Waals surface area contributed by atoms with Crippen molar-refractivity contribution in [1.29, 1.82) is 0 Å². The van der Waals surface area contributed by atoms with Gasteiger partial charge in [-0.1, -0.05) is 0 Å². The molecular formula is C14H18N6O. The van der Waals surface area contributed by atoms with Crippen LogP contribution in [0.5, 0.6) is 0 Å². The quantitative estimate of drug-likeness (QED) is 0.659. The van der Waals surface area contributed by atoms with Crippen LogP contribution in [0.4, 0.5) is 4.79 Å². The first-order chi connectivity index (χ1) is 10.3. The third-order valence-electron chi connectivity index (χ3n) is 3.62. The number of H-pyrrole nitrogens is 1. The summed E-state index contributed by atoms with van der Waals surface area (Å²) in [5, 5.41) is 0. The van der Waals surface area contributed by atoms with Crippen LogP contribution in [-0.2, 0) is 0 Å². The smallest absolute Gasteiger partial charge is 0.314 e. The molecule has 1 saturated heterocycles. The van der Waals surface area contributed by atoms with E-state index < -0.39 is 0 Å². The van der Waals surface area contributed by atoms with Crippen LogP contribution in [0.2, 0.25) is 0 Å². The number of nitrogens with one attached hydrogen (secondary N) is 1. The molecule has 0 unspecified atom stereocenters. The lowest BCUT2D eigenvalue weighted by Gasteiger charge is -2.24. The molecule has 4 rings (SSSR count). The van der Waals surface area contributed by atoms with Gasteiger partial charge in [0.15, 0.2) is 5.65 Å². The number of hydrogen-bond acceptors (Lipinski definition) is 3. The summed E-state index contributed by atoms with van der Waals surface area (Å²) in [7, 11) is 0. The van der Waals surface area contributed by atoms with E-state index in [1.165, 1.54) is 6.42 Å². The summed E-state index contributed by atoms with van der Waals surface area (Å²) in [5.41, 5.74) is 8.02. The van der Waals surface area contributed by atoms with Gasteiger partial charge in [-0.3, -0.25) is 4.40 Å². The summed E-state index contributed by atoms with van der Waals surface area (Å²) in [6, 6.07) is 1.71. The monoisotopic (exact) mass is 286 g/mol. The van der Waals surface area contributed by atoms with E-state index in [1.807, 2.05) is 16.7 Å². The third kappa shape index (κ3) is 2.81. The molecule has 21 heavy (non-hydrogen) atoms. The molecule has 1 fully saturated rings.